The molecule has 0 radical (unpaired) electrons. The van der Waals surface area contributed by atoms with Gasteiger partial charge in [0, 0.05) is 0 Å². The van der Waals surface area contributed by atoms with Gasteiger partial charge in [-0.15, -0.1) is 0 Å². The topological polar surface area (TPSA) is 80.3 Å². The maximum atomic E-state index is 11.8. The maximum Gasteiger partial charge on any atom is 0.161 e. The summed E-state index contributed by atoms with van der Waals surface area (Å²) < 4.78 is 51.3. The van der Waals surface area contributed by atoms with Gasteiger partial charge in [-0.2, -0.15) is 0 Å². The van der Waals surface area contributed by atoms with E-state index in [-0.39, 0.29) is 11.5 Å². The third-order valence-corrected chi connectivity index (χ3v) is 5.23. The lowest BCUT2D eigenvalue weighted by Gasteiger charge is -2.14. The smallest absolute Gasteiger partial charge is 0.161 e. The lowest BCUT2D eigenvalue weighted by molar-refractivity contribution is 0.00708. The van der Waals surface area contributed by atoms with Crippen LogP contribution in [0.5, 0.6) is 11.5 Å². The fourth-order valence-electron chi connectivity index (χ4n) is 2.63. The molecule has 2 heterocycles. The van der Waals surface area contributed by atoms with E-state index in [0.717, 1.165) is 11.1 Å². The summed E-state index contributed by atoms with van der Waals surface area (Å²) in [4.78, 5) is 0. The minimum Gasteiger partial charge on any atom is -0.487 e. The zero-order valence-electron chi connectivity index (χ0n) is 13.5. The first kappa shape index (κ1) is 17.5. The fourth-order valence-corrected chi connectivity index (χ4v) is 4.21. The lowest BCUT2D eigenvalue weighted by atomic mass is 10.1. The van der Waals surface area contributed by atoms with Gasteiger partial charge in [0.15, 0.2) is 21.3 Å². The standard InChI is InChI=1S/C16H22O7S/c17-24(18)11-13-9-15-16(10-14(13)12-24)23-8-6-21-4-2-19-1-3-20-5-7-22-15/h9-10H,1-8,11-12H2. The Morgan fingerprint density at radius 3 is 1.42 bits per heavy atom. The van der Waals surface area contributed by atoms with Crippen molar-refractivity contribution >= 4 is 9.84 Å². The molecule has 0 amide bonds. The van der Waals surface area contributed by atoms with E-state index in [1.165, 1.54) is 0 Å². The molecule has 0 spiro atoms. The van der Waals surface area contributed by atoms with E-state index in [1.54, 1.807) is 12.1 Å². The molecule has 1 aromatic carbocycles. The van der Waals surface area contributed by atoms with E-state index in [2.05, 4.69) is 0 Å². The molecule has 0 unspecified atom stereocenters. The average Bonchev–Trinajstić information content (AvgIpc) is 2.83. The Hall–Kier alpha value is -1.35. The van der Waals surface area contributed by atoms with Gasteiger partial charge in [-0.05, 0) is 23.3 Å². The van der Waals surface area contributed by atoms with Crippen molar-refractivity contribution in [2.45, 2.75) is 11.5 Å². The molecule has 24 heavy (non-hydrogen) atoms. The normalized spacial score (nSPS) is 22.2. The van der Waals surface area contributed by atoms with Gasteiger partial charge in [-0.1, -0.05) is 0 Å². The van der Waals surface area contributed by atoms with Crippen molar-refractivity contribution in [1.82, 2.24) is 0 Å². The van der Waals surface area contributed by atoms with Gasteiger partial charge in [0.2, 0.25) is 0 Å². The minimum atomic E-state index is -3.07. The molecular weight excluding hydrogens is 336 g/mol. The molecule has 2 aliphatic heterocycles. The van der Waals surface area contributed by atoms with Crippen molar-refractivity contribution in [2.24, 2.45) is 0 Å². The van der Waals surface area contributed by atoms with Crippen LogP contribution in [-0.2, 0) is 35.6 Å². The van der Waals surface area contributed by atoms with Crippen molar-refractivity contribution in [3.05, 3.63) is 23.3 Å². The van der Waals surface area contributed by atoms with Crippen LogP contribution >= 0.6 is 0 Å². The van der Waals surface area contributed by atoms with Crippen molar-refractivity contribution in [2.75, 3.05) is 52.9 Å². The molecule has 0 aliphatic carbocycles. The van der Waals surface area contributed by atoms with E-state index < -0.39 is 9.84 Å². The second-order valence-electron chi connectivity index (χ2n) is 5.63. The van der Waals surface area contributed by atoms with Gasteiger partial charge in [0.25, 0.3) is 0 Å². The van der Waals surface area contributed by atoms with Gasteiger partial charge in [0.05, 0.1) is 51.1 Å². The average molecular weight is 358 g/mol. The maximum absolute atomic E-state index is 11.8. The summed E-state index contributed by atoms with van der Waals surface area (Å²) in [6, 6.07) is 3.52. The van der Waals surface area contributed by atoms with Gasteiger partial charge < -0.3 is 23.7 Å². The molecule has 1 aromatic rings. The van der Waals surface area contributed by atoms with Crippen LogP contribution in [-0.4, -0.2) is 61.3 Å². The Bertz CT molecular complexity index is 608. The molecule has 3 rings (SSSR count). The molecule has 0 aromatic heterocycles. The van der Waals surface area contributed by atoms with E-state index >= 15 is 0 Å². The molecule has 0 atom stereocenters. The second kappa shape index (κ2) is 8.15. The number of fused-ring (bicyclic) bond motifs is 2. The lowest BCUT2D eigenvalue weighted by Crippen LogP contribution is -2.13. The summed E-state index contributed by atoms with van der Waals surface area (Å²) in [5, 5.41) is 0. The van der Waals surface area contributed by atoms with Crippen LogP contribution in [0.1, 0.15) is 11.1 Å². The van der Waals surface area contributed by atoms with Crippen molar-refractivity contribution in [1.29, 1.82) is 0 Å². The van der Waals surface area contributed by atoms with Crippen LogP contribution in [0.3, 0.4) is 0 Å². The molecule has 0 saturated carbocycles. The molecule has 2 aliphatic rings. The fraction of sp³-hybridized carbons (Fsp3) is 0.625. The number of benzene rings is 1. The van der Waals surface area contributed by atoms with E-state index in [4.69, 9.17) is 23.7 Å². The van der Waals surface area contributed by atoms with Crippen LogP contribution < -0.4 is 9.47 Å². The number of sulfone groups is 1. The molecular formula is C16H22O7S. The van der Waals surface area contributed by atoms with Crippen molar-refractivity contribution < 1.29 is 32.1 Å². The zero-order valence-corrected chi connectivity index (χ0v) is 14.3. The Balaban J connectivity index is 1.73. The van der Waals surface area contributed by atoms with Crippen LogP contribution in [0.2, 0.25) is 0 Å². The van der Waals surface area contributed by atoms with Gasteiger partial charge in [-0.25, -0.2) is 8.42 Å². The zero-order chi connectivity index (χ0) is 16.8. The van der Waals surface area contributed by atoms with Crippen molar-refractivity contribution in [3.8, 4) is 11.5 Å². The monoisotopic (exact) mass is 358 g/mol. The highest BCUT2D eigenvalue weighted by molar-refractivity contribution is 7.90. The van der Waals surface area contributed by atoms with E-state index in [1.807, 2.05) is 0 Å². The molecule has 0 N–H and O–H groups in total. The summed E-state index contributed by atoms with van der Waals surface area (Å²) in [6.45, 7) is 3.59. The Labute approximate surface area is 141 Å². The van der Waals surface area contributed by atoms with E-state index in [9.17, 15) is 8.42 Å². The van der Waals surface area contributed by atoms with Gasteiger partial charge in [0.1, 0.15) is 13.2 Å². The number of ether oxygens (including phenoxy) is 5. The highest BCUT2D eigenvalue weighted by atomic mass is 32.2. The molecule has 134 valence electrons. The third-order valence-electron chi connectivity index (χ3n) is 3.73. The first-order chi connectivity index (χ1) is 11.6. The summed E-state index contributed by atoms with van der Waals surface area (Å²) in [5.74, 6) is 1.19. The summed E-state index contributed by atoms with van der Waals surface area (Å²) in [7, 11) is -3.07. The number of hydrogen-bond donors (Lipinski definition) is 0. The predicted octanol–water partition coefficient (Wildman–Crippen LogP) is 0.936. The Morgan fingerprint density at radius 1 is 0.625 bits per heavy atom. The summed E-state index contributed by atoms with van der Waals surface area (Å²) in [6.07, 6.45) is 0. The van der Waals surface area contributed by atoms with Gasteiger partial charge >= 0.3 is 0 Å². The Kier molecular flexibility index (Phi) is 5.94. The predicted molar refractivity (Wildman–Crippen MR) is 86.2 cm³/mol. The molecule has 0 fully saturated rings. The molecule has 0 bridgehead atoms. The first-order valence-electron chi connectivity index (χ1n) is 7.99. The second-order valence-corrected chi connectivity index (χ2v) is 7.70. The van der Waals surface area contributed by atoms with Gasteiger partial charge in [-0.3, -0.25) is 0 Å². The largest absolute Gasteiger partial charge is 0.487 e. The highest BCUT2D eigenvalue weighted by Gasteiger charge is 2.27. The van der Waals surface area contributed by atoms with Crippen LogP contribution in [0, 0.1) is 0 Å². The molecule has 8 heteroatoms. The highest BCUT2D eigenvalue weighted by Crippen LogP contribution is 2.36. The third kappa shape index (κ3) is 4.83. The molecule has 0 saturated heterocycles. The minimum absolute atomic E-state index is 0.0515. The molecule has 7 nitrogen and oxygen atoms in total. The Morgan fingerprint density at radius 2 is 1.00 bits per heavy atom. The first-order valence-corrected chi connectivity index (χ1v) is 9.81. The SMILES string of the molecule is O=S1(=O)Cc2cc3c(cc2C1)OCCOCCOCCOCCO3. The van der Waals surface area contributed by atoms with Crippen LogP contribution in [0.15, 0.2) is 12.1 Å². The summed E-state index contributed by atoms with van der Waals surface area (Å²) in [5.41, 5.74) is 1.56. The van der Waals surface area contributed by atoms with Crippen LogP contribution in [0.25, 0.3) is 0 Å². The quantitative estimate of drug-likeness (QED) is 0.683. The summed E-state index contributed by atoms with van der Waals surface area (Å²) >= 11 is 0. The van der Waals surface area contributed by atoms with E-state index in [0.29, 0.717) is 64.4 Å². The number of rotatable bonds is 0. The number of hydrogen-bond acceptors (Lipinski definition) is 7. The van der Waals surface area contributed by atoms with Crippen LogP contribution in [0.4, 0.5) is 0 Å². The van der Waals surface area contributed by atoms with Crippen molar-refractivity contribution in [3.63, 3.8) is 0 Å².